The zero-order valence-corrected chi connectivity index (χ0v) is 15.9. The van der Waals surface area contributed by atoms with Crippen molar-refractivity contribution in [2.45, 2.75) is 30.4 Å². The van der Waals surface area contributed by atoms with Gasteiger partial charge in [-0.3, -0.25) is 4.79 Å². The monoisotopic (exact) mass is 394 g/mol. The minimum absolute atomic E-state index is 0.00216. The highest BCUT2D eigenvalue weighted by Crippen LogP contribution is 2.54. The summed E-state index contributed by atoms with van der Waals surface area (Å²) < 4.78 is 11.1. The fourth-order valence-corrected chi connectivity index (χ4v) is 5.66. The zero-order valence-electron chi connectivity index (χ0n) is 15.0. The largest absolute Gasteiger partial charge is 0.454 e. The summed E-state index contributed by atoms with van der Waals surface area (Å²) in [5.74, 6) is 0.454. The van der Waals surface area contributed by atoms with E-state index in [4.69, 9.17) is 9.15 Å². The smallest absolute Gasteiger partial charge is 0.330 e. The number of benzene rings is 2. The van der Waals surface area contributed by atoms with E-state index in [1.54, 1.807) is 16.7 Å². The number of carbonyl (C=O) groups excluding carboxylic acids is 2. The molecule has 0 bridgehead atoms. The van der Waals surface area contributed by atoms with Crippen molar-refractivity contribution < 1.29 is 18.7 Å². The van der Waals surface area contributed by atoms with Gasteiger partial charge >= 0.3 is 5.97 Å². The van der Waals surface area contributed by atoms with Gasteiger partial charge in [-0.2, -0.15) is 0 Å². The van der Waals surface area contributed by atoms with Gasteiger partial charge < -0.3 is 14.1 Å². The molecular formula is C21H18N2O4S. The van der Waals surface area contributed by atoms with Gasteiger partial charge in [-0.05, 0) is 24.1 Å². The second-order valence-corrected chi connectivity index (χ2v) is 8.22. The lowest BCUT2D eigenvalue weighted by Gasteiger charge is -2.33. The molecule has 0 radical (unpaired) electrons. The molecule has 2 aliphatic rings. The number of rotatable bonds is 4. The second kappa shape index (κ2) is 6.67. The van der Waals surface area contributed by atoms with Crippen LogP contribution in [0.5, 0.6) is 0 Å². The molecule has 2 fully saturated rings. The van der Waals surface area contributed by atoms with Gasteiger partial charge in [-0.1, -0.05) is 42.5 Å². The third-order valence-electron chi connectivity index (χ3n) is 5.30. The summed E-state index contributed by atoms with van der Waals surface area (Å²) in [5.41, 5.74) is 2.44. The van der Waals surface area contributed by atoms with E-state index in [2.05, 4.69) is 4.98 Å². The highest BCUT2D eigenvalue weighted by Gasteiger charge is 2.57. The number of oxazole rings is 1. The molecular weight excluding hydrogens is 376 g/mol. The van der Waals surface area contributed by atoms with Gasteiger partial charge in [-0.15, -0.1) is 11.8 Å². The number of amides is 1. The third kappa shape index (κ3) is 2.69. The summed E-state index contributed by atoms with van der Waals surface area (Å²) >= 11 is 1.64. The quantitative estimate of drug-likeness (QED) is 0.631. The lowest BCUT2D eigenvalue weighted by Crippen LogP contribution is -2.46. The highest BCUT2D eigenvalue weighted by molar-refractivity contribution is 8.00. The molecule has 0 unspecified atom stereocenters. The molecule has 2 aliphatic heterocycles. The topological polar surface area (TPSA) is 72.6 Å². The number of fused-ring (bicyclic) bond motifs is 2. The molecule has 2 saturated heterocycles. The molecule has 6 nitrogen and oxygen atoms in total. The Morgan fingerprint density at radius 1 is 1.21 bits per heavy atom. The number of carbonyl (C=O) groups is 2. The number of esters is 1. The molecule has 7 heteroatoms. The van der Waals surface area contributed by atoms with Crippen LogP contribution in [0.25, 0.3) is 11.1 Å². The summed E-state index contributed by atoms with van der Waals surface area (Å²) in [4.78, 5) is 31.0. The van der Waals surface area contributed by atoms with Crippen molar-refractivity contribution in [2.24, 2.45) is 0 Å². The SMILES string of the molecule is O=C(OCc1nc2ccccc2o1)[C@H]1CS[C@@]2(c3ccccc3)CCC(=O)N12. The molecule has 5 rings (SSSR count). The first-order valence-corrected chi connectivity index (χ1v) is 10.2. The van der Waals surface area contributed by atoms with Crippen LogP contribution in [-0.2, 0) is 25.8 Å². The maximum Gasteiger partial charge on any atom is 0.330 e. The number of hydrogen-bond acceptors (Lipinski definition) is 6. The average Bonchev–Trinajstić information content (AvgIpc) is 3.40. The number of para-hydroxylation sites is 2. The summed E-state index contributed by atoms with van der Waals surface area (Å²) in [6.07, 6.45) is 1.15. The van der Waals surface area contributed by atoms with Crippen molar-refractivity contribution in [3.63, 3.8) is 0 Å². The fraction of sp³-hybridized carbons (Fsp3) is 0.286. The predicted octanol–water partition coefficient (Wildman–Crippen LogP) is 3.46. The molecule has 2 aromatic carbocycles. The van der Waals surface area contributed by atoms with Gasteiger partial charge in [0.25, 0.3) is 0 Å². The van der Waals surface area contributed by atoms with Crippen LogP contribution in [0, 0.1) is 0 Å². The first kappa shape index (κ1) is 17.3. The Morgan fingerprint density at radius 3 is 2.82 bits per heavy atom. The minimum atomic E-state index is -0.593. The van der Waals surface area contributed by atoms with E-state index in [0.29, 0.717) is 30.1 Å². The summed E-state index contributed by atoms with van der Waals surface area (Å²) in [5, 5.41) is 0. The van der Waals surface area contributed by atoms with Crippen LogP contribution in [-0.4, -0.2) is 33.6 Å². The number of thioether (sulfide) groups is 1. The highest BCUT2D eigenvalue weighted by atomic mass is 32.2. The molecule has 1 aromatic heterocycles. The van der Waals surface area contributed by atoms with Gasteiger partial charge in [0.05, 0.1) is 0 Å². The van der Waals surface area contributed by atoms with E-state index < -0.39 is 16.9 Å². The van der Waals surface area contributed by atoms with E-state index in [1.807, 2.05) is 54.6 Å². The number of ether oxygens (including phenoxy) is 1. The average molecular weight is 394 g/mol. The standard InChI is InChI=1S/C21H18N2O4S/c24-19-10-11-21(14-6-2-1-3-7-14)23(19)16(13-28-21)20(25)26-12-18-22-15-8-4-5-9-17(15)27-18/h1-9,16H,10-13H2/t16-,21-/m1/s1. The maximum absolute atomic E-state index is 12.8. The van der Waals surface area contributed by atoms with Crippen LogP contribution in [0.3, 0.4) is 0 Å². The lowest BCUT2D eigenvalue weighted by molar-refractivity contribution is -0.155. The van der Waals surface area contributed by atoms with Crippen molar-refractivity contribution in [1.82, 2.24) is 9.88 Å². The Bertz CT molecular complexity index is 1020. The van der Waals surface area contributed by atoms with Crippen LogP contribution in [0.1, 0.15) is 24.3 Å². The van der Waals surface area contributed by atoms with E-state index in [0.717, 1.165) is 11.1 Å². The third-order valence-corrected chi connectivity index (χ3v) is 6.90. The number of hydrogen-bond donors (Lipinski definition) is 0. The molecule has 1 amide bonds. The molecule has 0 spiro atoms. The van der Waals surface area contributed by atoms with Crippen LogP contribution in [0.4, 0.5) is 0 Å². The predicted molar refractivity (Wildman–Crippen MR) is 104 cm³/mol. The van der Waals surface area contributed by atoms with E-state index in [1.165, 1.54) is 0 Å². The summed E-state index contributed by atoms with van der Waals surface area (Å²) in [6.45, 7) is -0.0466. The van der Waals surface area contributed by atoms with Crippen molar-refractivity contribution in [3.8, 4) is 0 Å². The van der Waals surface area contributed by atoms with Crippen LogP contribution in [0.15, 0.2) is 59.0 Å². The molecule has 2 atom stereocenters. The van der Waals surface area contributed by atoms with E-state index >= 15 is 0 Å². The first-order valence-electron chi connectivity index (χ1n) is 9.20. The van der Waals surface area contributed by atoms with E-state index in [-0.39, 0.29) is 12.5 Å². The summed E-state index contributed by atoms with van der Waals surface area (Å²) in [6, 6.07) is 16.7. The van der Waals surface area contributed by atoms with Gasteiger partial charge in [0.1, 0.15) is 16.4 Å². The van der Waals surface area contributed by atoms with Crippen LogP contribution >= 0.6 is 11.8 Å². The van der Waals surface area contributed by atoms with Gasteiger partial charge in [0.2, 0.25) is 11.8 Å². The first-order chi connectivity index (χ1) is 13.7. The van der Waals surface area contributed by atoms with Crippen LogP contribution in [0.2, 0.25) is 0 Å². The summed E-state index contributed by atoms with van der Waals surface area (Å²) in [7, 11) is 0. The minimum Gasteiger partial charge on any atom is -0.454 e. The molecule has 3 heterocycles. The Kier molecular flexibility index (Phi) is 4.12. The number of aromatic nitrogens is 1. The van der Waals surface area contributed by atoms with Gasteiger partial charge in [0.15, 0.2) is 12.2 Å². The normalized spacial score (nSPS) is 23.9. The molecule has 28 heavy (non-hydrogen) atoms. The molecule has 0 saturated carbocycles. The molecule has 0 N–H and O–H groups in total. The number of nitrogens with zero attached hydrogens (tertiary/aromatic N) is 2. The van der Waals surface area contributed by atoms with Crippen molar-refractivity contribution in [1.29, 1.82) is 0 Å². The van der Waals surface area contributed by atoms with Crippen molar-refractivity contribution in [3.05, 3.63) is 66.1 Å². The second-order valence-electron chi connectivity index (χ2n) is 6.92. The maximum atomic E-state index is 12.8. The van der Waals surface area contributed by atoms with Gasteiger partial charge in [0, 0.05) is 12.2 Å². The Balaban J connectivity index is 1.34. The Morgan fingerprint density at radius 2 is 2.00 bits per heavy atom. The van der Waals surface area contributed by atoms with E-state index in [9.17, 15) is 9.59 Å². The van der Waals surface area contributed by atoms with Crippen LogP contribution < -0.4 is 0 Å². The van der Waals surface area contributed by atoms with Crippen molar-refractivity contribution in [2.75, 3.05) is 5.75 Å². The van der Waals surface area contributed by atoms with Crippen molar-refractivity contribution >= 4 is 34.7 Å². The van der Waals surface area contributed by atoms with Gasteiger partial charge in [-0.25, -0.2) is 9.78 Å². The fourth-order valence-electron chi connectivity index (χ4n) is 4.03. The molecule has 142 valence electrons. The Labute approximate surface area is 165 Å². The molecule has 0 aliphatic carbocycles. The molecule has 3 aromatic rings. The zero-order chi connectivity index (χ0) is 19.1. The Hall–Kier alpha value is -2.80. The lowest BCUT2D eigenvalue weighted by atomic mass is 10.0.